The van der Waals surface area contributed by atoms with Crippen LogP contribution in [0.3, 0.4) is 0 Å². The fraction of sp³-hybridized carbons (Fsp3) is 0.333. The Kier molecular flexibility index (Phi) is 6.86. The molecule has 0 aliphatic heterocycles. The molecule has 6 heteroatoms. The SMILES string of the molecule is Cc1cc(C)c(NC(=O)CN(C)C(=O)COc2ccc(Cl)c(C)c2)c(C)c1. The number of aryl methyl sites for hydroxylation is 4. The highest BCUT2D eigenvalue weighted by Gasteiger charge is 2.15. The van der Waals surface area contributed by atoms with Crippen molar-refractivity contribution in [3.63, 3.8) is 0 Å². The van der Waals surface area contributed by atoms with E-state index in [4.69, 9.17) is 16.3 Å². The molecule has 2 aromatic rings. The van der Waals surface area contributed by atoms with E-state index < -0.39 is 0 Å². The van der Waals surface area contributed by atoms with E-state index in [1.165, 1.54) is 4.90 Å². The van der Waals surface area contributed by atoms with Gasteiger partial charge in [-0.15, -0.1) is 0 Å². The van der Waals surface area contributed by atoms with Gasteiger partial charge in [-0.2, -0.15) is 0 Å². The molecular formula is C21H25ClN2O3. The summed E-state index contributed by atoms with van der Waals surface area (Å²) in [5.41, 5.74) is 4.80. The molecule has 0 atom stereocenters. The number of benzene rings is 2. The van der Waals surface area contributed by atoms with Crippen molar-refractivity contribution in [2.75, 3.05) is 25.5 Å². The topological polar surface area (TPSA) is 58.6 Å². The third kappa shape index (κ3) is 5.73. The smallest absolute Gasteiger partial charge is 0.260 e. The first-order valence-electron chi connectivity index (χ1n) is 8.68. The second-order valence-corrected chi connectivity index (χ2v) is 7.18. The molecule has 2 rings (SSSR count). The van der Waals surface area contributed by atoms with Gasteiger partial charge in [0.25, 0.3) is 5.91 Å². The Labute approximate surface area is 165 Å². The fourth-order valence-corrected chi connectivity index (χ4v) is 2.94. The summed E-state index contributed by atoms with van der Waals surface area (Å²) in [6, 6.07) is 9.22. The zero-order valence-corrected chi connectivity index (χ0v) is 17.1. The van der Waals surface area contributed by atoms with Gasteiger partial charge in [0.1, 0.15) is 5.75 Å². The predicted octanol–water partition coefficient (Wildman–Crippen LogP) is 4.05. The van der Waals surface area contributed by atoms with Gasteiger partial charge in [-0.3, -0.25) is 9.59 Å². The number of rotatable bonds is 6. The first-order chi connectivity index (χ1) is 12.7. The van der Waals surface area contributed by atoms with E-state index >= 15 is 0 Å². The third-order valence-electron chi connectivity index (χ3n) is 4.24. The van der Waals surface area contributed by atoms with E-state index in [-0.39, 0.29) is 25.0 Å². The average Bonchev–Trinajstić information content (AvgIpc) is 2.58. The monoisotopic (exact) mass is 388 g/mol. The molecule has 0 saturated carbocycles. The highest BCUT2D eigenvalue weighted by molar-refractivity contribution is 6.31. The van der Waals surface area contributed by atoms with Gasteiger partial charge >= 0.3 is 0 Å². The Morgan fingerprint density at radius 2 is 1.67 bits per heavy atom. The molecule has 0 aliphatic carbocycles. The van der Waals surface area contributed by atoms with Crippen molar-refractivity contribution in [3.8, 4) is 5.75 Å². The maximum Gasteiger partial charge on any atom is 0.260 e. The van der Waals surface area contributed by atoms with E-state index in [0.717, 1.165) is 27.9 Å². The highest BCUT2D eigenvalue weighted by Crippen LogP contribution is 2.22. The van der Waals surface area contributed by atoms with Crippen molar-refractivity contribution in [1.82, 2.24) is 4.90 Å². The number of carbonyl (C=O) groups is 2. The molecule has 0 spiro atoms. The molecule has 0 saturated heterocycles. The van der Waals surface area contributed by atoms with Crippen LogP contribution in [0.25, 0.3) is 0 Å². The van der Waals surface area contributed by atoms with Crippen LogP contribution in [0.1, 0.15) is 22.3 Å². The van der Waals surface area contributed by atoms with Crippen LogP contribution in [0.5, 0.6) is 5.75 Å². The zero-order valence-electron chi connectivity index (χ0n) is 16.4. The molecule has 5 nitrogen and oxygen atoms in total. The Bertz CT molecular complexity index is 841. The van der Waals surface area contributed by atoms with E-state index in [1.54, 1.807) is 25.2 Å². The normalized spacial score (nSPS) is 10.4. The van der Waals surface area contributed by atoms with Crippen molar-refractivity contribution in [1.29, 1.82) is 0 Å². The number of carbonyl (C=O) groups excluding carboxylic acids is 2. The van der Waals surface area contributed by atoms with Crippen LogP contribution in [0.2, 0.25) is 5.02 Å². The van der Waals surface area contributed by atoms with Crippen molar-refractivity contribution in [2.24, 2.45) is 0 Å². The number of anilines is 1. The van der Waals surface area contributed by atoms with Gasteiger partial charge in [0.15, 0.2) is 6.61 Å². The van der Waals surface area contributed by atoms with Crippen molar-refractivity contribution in [2.45, 2.75) is 27.7 Å². The van der Waals surface area contributed by atoms with Gasteiger partial charge in [-0.25, -0.2) is 0 Å². The molecule has 2 amide bonds. The van der Waals surface area contributed by atoms with Gasteiger partial charge in [0.05, 0.1) is 6.54 Å². The maximum absolute atomic E-state index is 12.3. The lowest BCUT2D eigenvalue weighted by Gasteiger charge is -2.19. The van der Waals surface area contributed by atoms with E-state index in [1.807, 2.05) is 39.8 Å². The zero-order chi connectivity index (χ0) is 20.1. The van der Waals surface area contributed by atoms with Crippen LogP contribution in [-0.2, 0) is 9.59 Å². The second kappa shape index (κ2) is 8.91. The molecule has 0 bridgehead atoms. The largest absolute Gasteiger partial charge is 0.484 e. The lowest BCUT2D eigenvalue weighted by atomic mass is 10.1. The van der Waals surface area contributed by atoms with E-state index in [9.17, 15) is 9.59 Å². The summed E-state index contributed by atoms with van der Waals surface area (Å²) in [5, 5.41) is 3.53. The molecule has 0 radical (unpaired) electrons. The summed E-state index contributed by atoms with van der Waals surface area (Å²) in [4.78, 5) is 25.9. The van der Waals surface area contributed by atoms with Crippen molar-refractivity contribution in [3.05, 3.63) is 57.6 Å². The maximum atomic E-state index is 12.3. The minimum absolute atomic E-state index is 0.0470. The number of amides is 2. The summed E-state index contributed by atoms with van der Waals surface area (Å²) in [5.74, 6) is 0.0346. The molecule has 0 unspecified atom stereocenters. The summed E-state index contributed by atoms with van der Waals surface area (Å²) < 4.78 is 5.49. The third-order valence-corrected chi connectivity index (χ3v) is 4.66. The summed E-state index contributed by atoms with van der Waals surface area (Å²) in [6.07, 6.45) is 0. The lowest BCUT2D eigenvalue weighted by molar-refractivity contribution is -0.135. The molecule has 2 aromatic carbocycles. The van der Waals surface area contributed by atoms with Crippen LogP contribution in [0.15, 0.2) is 30.3 Å². The molecule has 0 aromatic heterocycles. The fourth-order valence-electron chi connectivity index (χ4n) is 2.82. The van der Waals surface area contributed by atoms with Gasteiger partial charge < -0.3 is 15.0 Å². The van der Waals surface area contributed by atoms with Crippen molar-refractivity contribution >= 4 is 29.1 Å². The Morgan fingerprint density at radius 3 is 2.26 bits per heavy atom. The number of hydrogen-bond acceptors (Lipinski definition) is 3. The number of nitrogens with one attached hydrogen (secondary N) is 1. The minimum Gasteiger partial charge on any atom is -0.484 e. The molecule has 1 N–H and O–H groups in total. The quantitative estimate of drug-likeness (QED) is 0.812. The van der Waals surface area contributed by atoms with Gasteiger partial charge in [-0.1, -0.05) is 29.3 Å². The van der Waals surface area contributed by atoms with Crippen LogP contribution in [-0.4, -0.2) is 36.9 Å². The Hall–Kier alpha value is -2.53. The Balaban J connectivity index is 1.90. The molecule has 0 aliphatic rings. The molecule has 0 heterocycles. The molecule has 27 heavy (non-hydrogen) atoms. The average molecular weight is 389 g/mol. The van der Waals surface area contributed by atoms with E-state index in [0.29, 0.717) is 10.8 Å². The van der Waals surface area contributed by atoms with Crippen LogP contribution in [0, 0.1) is 27.7 Å². The second-order valence-electron chi connectivity index (χ2n) is 6.77. The molecular weight excluding hydrogens is 364 g/mol. The standard InChI is InChI=1S/C21H25ClN2O3/c1-13-8-15(3)21(16(4)9-13)23-19(25)11-24(5)20(26)12-27-17-6-7-18(22)14(2)10-17/h6-10H,11-12H2,1-5H3,(H,23,25). The van der Waals surface area contributed by atoms with Crippen molar-refractivity contribution < 1.29 is 14.3 Å². The minimum atomic E-state index is -0.282. The number of likely N-dealkylation sites (N-methyl/N-ethyl adjacent to an activating group) is 1. The first kappa shape index (κ1) is 20.8. The number of nitrogens with zero attached hydrogens (tertiary/aromatic N) is 1. The van der Waals surface area contributed by atoms with Crippen LogP contribution < -0.4 is 10.1 Å². The number of hydrogen-bond donors (Lipinski definition) is 1. The van der Waals surface area contributed by atoms with Gasteiger partial charge in [-0.05, 0) is 62.6 Å². The van der Waals surface area contributed by atoms with Gasteiger partial charge in [0, 0.05) is 17.8 Å². The first-order valence-corrected chi connectivity index (χ1v) is 9.05. The Morgan fingerprint density at radius 1 is 1.04 bits per heavy atom. The summed E-state index contributed by atoms with van der Waals surface area (Å²) in [6.45, 7) is 7.59. The highest BCUT2D eigenvalue weighted by atomic mass is 35.5. The molecule has 144 valence electrons. The lowest BCUT2D eigenvalue weighted by Crippen LogP contribution is -2.37. The molecule has 0 fully saturated rings. The summed E-state index contributed by atoms with van der Waals surface area (Å²) >= 11 is 5.97. The number of halogens is 1. The number of ether oxygens (including phenoxy) is 1. The predicted molar refractivity (Wildman–Crippen MR) is 109 cm³/mol. The van der Waals surface area contributed by atoms with Crippen LogP contribution in [0.4, 0.5) is 5.69 Å². The van der Waals surface area contributed by atoms with Gasteiger partial charge in [0.2, 0.25) is 5.91 Å². The van der Waals surface area contributed by atoms with Crippen LogP contribution >= 0.6 is 11.6 Å². The summed E-state index contributed by atoms with van der Waals surface area (Å²) in [7, 11) is 1.58. The van der Waals surface area contributed by atoms with E-state index in [2.05, 4.69) is 5.32 Å².